The molecule has 0 saturated heterocycles. The smallest absolute Gasteiger partial charge is 0.130 e. The number of H-pyrrole nitrogens is 1. The molecule has 0 spiro atoms. The molecule has 0 radical (unpaired) electrons. The van der Waals surface area contributed by atoms with E-state index >= 15 is 0 Å². The summed E-state index contributed by atoms with van der Waals surface area (Å²) in [5, 5.41) is 2.07. The van der Waals surface area contributed by atoms with E-state index in [1.165, 1.54) is 10.4 Å². The lowest BCUT2D eigenvalue weighted by Crippen LogP contribution is -1.84. The minimum absolute atomic E-state index is 0.624. The summed E-state index contributed by atoms with van der Waals surface area (Å²) in [4.78, 5) is 8.31. The maximum atomic E-state index is 4.99. The van der Waals surface area contributed by atoms with Gasteiger partial charge >= 0.3 is 0 Å². The minimum atomic E-state index is 0.624. The highest BCUT2D eigenvalue weighted by molar-refractivity contribution is 7.71. The van der Waals surface area contributed by atoms with E-state index < -0.39 is 0 Å². The number of thiophene rings is 1. The molecule has 0 atom stereocenters. The number of rotatable bonds is 1. The van der Waals surface area contributed by atoms with Crippen LogP contribution in [0.2, 0.25) is 0 Å². The summed E-state index contributed by atoms with van der Waals surface area (Å²) in [6.07, 6.45) is 1.63. The number of hydrogen-bond donors (Lipinski definition) is 1. The zero-order valence-corrected chi connectivity index (χ0v) is 8.71. The first-order valence-electron chi connectivity index (χ1n) is 3.86. The van der Waals surface area contributed by atoms with Crippen molar-refractivity contribution in [3.05, 3.63) is 33.4 Å². The fraction of sp³-hybridized carbons (Fsp3) is 0.111. The number of nitrogens with zero attached hydrogens (tertiary/aromatic N) is 1. The highest BCUT2D eigenvalue weighted by atomic mass is 32.1. The number of aryl methyl sites for hydroxylation is 1. The Hall–Kier alpha value is -1.00. The summed E-state index contributed by atoms with van der Waals surface area (Å²) in [6, 6.07) is 3.96. The number of aromatic nitrogens is 2. The van der Waals surface area contributed by atoms with Crippen LogP contribution in [0.15, 0.2) is 23.8 Å². The van der Waals surface area contributed by atoms with Crippen LogP contribution in [0.5, 0.6) is 0 Å². The standard InChI is InChI=1S/C9H8N2S2/c1-6-7(2-3-13-6)8-4-9(12)11-5-10-8/h2-5H,1H3,(H,10,11,12). The lowest BCUT2D eigenvalue weighted by molar-refractivity contribution is 1.15. The quantitative estimate of drug-likeness (QED) is 0.729. The van der Waals surface area contributed by atoms with Crippen LogP contribution in [0, 0.1) is 11.6 Å². The summed E-state index contributed by atoms with van der Waals surface area (Å²) in [6.45, 7) is 2.09. The fourth-order valence-electron chi connectivity index (χ4n) is 1.19. The van der Waals surface area contributed by atoms with Gasteiger partial charge in [0.2, 0.25) is 0 Å². The van der Waals surface area contributed by atoms with Crippen LogP contribution in [0.1, 0.15) is 4.88 Å². The maximum Gasteiger partial charge on any atom is 0.130 e. The van der Waals surface area contributed by atoms with Gasteiger partial charge in [0.15, 0.2) is 0 Å². The fourth-order valence-corrected chi connectivity index (χ4v) is 2.07. The van der Waals surface area contributed by atoms with E-state index in [1.807, 2.05) is 6.07 Å². The molecule has 0 fully saturated rings. The van der Waals surface area contributed by atoms with E-state index in [1.54, 1.807) is 17.7 Å². The number of nitrogens with one attached hydrogen (secondary N) is 1. The molecule has 0 aliphatic heterocycles. The van der Waals surface area contributed by atoms with Gasteiger partial charge in [0, 0.05) is 10.4 Å². The molecule has 1 N–H and O–H groups in total. The number of aromatic amines is 1. The van der Waals surface area contributed by atoms with Crippen molar-refractivity contribution in [3.8, 4) is 11.3 Å². The first-order valence-corrected chi connectivity index (χ1v) is 5.15. The third-order valence-corrected chi connectivity index (χ3v) is 2.90. The normalized spacial score (nSPS) is 10.2. The Morgan fingerprint density at radius 2 is 2.38 bits per heavy atom. The highest BCUT2D eigenvalue weighted by Gasteiger charge is 2.02. The second kappa shape index (κ2) is 3.40. The van der Waals surface area contributed by atoms with E-state index in [-0.39, 0.29) is 0 Å². The Morgan fingerprint density at radius 1 is 1.54 bits per heavy atom. The lowest BCUT2D eigenvalue weighted by atomic mass is 10.2. The molecule has 2 nitrogen and oxygen atoms in total. The molecule has 0 aromatic carbocycles. The second-order valence-electron chi connectivity index (χ2n) is 2.69. The molecule has 0 bridgehead atoms. The zero-order valence-electron chi connectivity index (χ0n) is 7.07. The Balaban J connectivity index is 2.59. The Morgan fingerprint density at radius 3 is 3.00 bits per heavy atom. The molecule has 0 aliphatic carbocycles. The van der Waals surface area contributed by atoms with Crippen LogP contribution in [-0.4, -0.2) is 9.97 Å². The van der Waals surface area contributed by atoms with Crippen LogP contribution in [-0.2, 0) is 0 Å². The van der Waals surface area contributed by atoms with Crippen LogP contribution >= 0.6 is 23.6 Å². The van der Waals surface area contributed by atoms with Crippen molar-refractivity contribution in [1.82, 2.24) is 9.97 Å². The third-order valence-electron chi connectivity index (χ3n) is 1.83. The molecule has 0 aliphatic rings. The minimum Gasteiger partial charge on any atom is -0.346 e. The lowest BCUT2D eigenvalue weighted by Gasteiger charge is -1.98. The van der Waals surface area contributed by atoms with Crippen LogP contribution in [0.25, 0.3) is 11.3 Å². The van der Waals surface area contributed by atoms with E-state index in [2.05, 4.69) is 28.3 Å². The van der Waals surface area contributed by atoms with Crippen LogP contribution in [0.3, 0.4) is 0 Å². The van der Waals surface area contributed by atoms with Gasteiger partial charge < -0.3 is 4.98 Å². The van der Waals surface area contributed by atoms with Gasteiger partial charge in [-0.05, 0) is 24.4 Å². The van der Waals surface area contributed by atoms with Crippen molar-refractivity contribution in [2.75, 3.05) is 0 Å². The maximum absolute atomic E-state index is 4.99. The van der Waals surface area contributed by atoms with Crippen molar-refractivity contribution in [1.29, 1.82) is 0 Å². The molecule has 0 amide bonds. The van der Waals surface area contributed by atoms with Crippen molar-refractivity contribution in [2.45, 2.75) is 6.92 Å². The van der Waals surface area contributed by atoms with E-state index in [4.69, 9.17) is 12.2 Å². The van der Waals surface area contributed by atoms with Crippen molar-refractivity contribution >= 4 is 23.6 Å². The Kier molecular flexibility index (Phi) is 2.24. The van der Waals surface area contributed by atoms with Crippen molar-refractivity contribution in [2.24, 2.45) is 0 Å². The molecule has 2 aromatic rings. The van der Waals surface area contributed by atoms with Gasteiger partial charge in [-0.15, -0.1) is 11.3 Å². The monoisotopic (exact) mass is 208 g/mol. The average molecular weight is 208 g/mol. The molecule has 4 heteroatoms. The van der Waals surface area contributed by atoms with Gasteiger partial charge in [0.1, 0.15) is 4.64 Å². The zero-order chi connectivity index (χ0) is 9.26. The highest BCUT2D eigenvalue weighted by Crippen LogP contribution is 2.25. The third kappa shape index (κ3) is 1.68. The molecule has 0 unspecified atom stereocenters. The Labute approximate surface area is 85.3 Å². The van der Waals surface area contributed by atoms with Crippen LogP contribution in [0.4, 0.5) is 0 Å². The van der Waals surface area contributed by atoms with E-state index in [0.29, 0.717) is 4.64 Å². The molecule has 66 valence electrons. The first kappa shape index (κ1) is 8.59. The summed E-state index contributed by atoms with van der Waals surface area (Å²) < 4.78 is 0.624. The second-order valence-corrected chi connectivity index (χ2v) is 4.23. The van der Waals surface area contributed by atoms with Gasteiger partial charge in [-0.25, -0.2) is 4.98 Å². The number of hydrogen-bond acceptors (Lipinski definition) is 3. The predicted octanol–water partition coefficient (Wildman–Crippen LogP) is 3.18. The summed E-state index contributed by atoms with van der Waals surface area (Å²) in [7, 11) is 0. The average Bonchev–Trinajstić information content (AvgIpc) is 2.51. The van der Waals surface area contributed by atoms with Gasteiger partial charge in [0.25, 0.3) is 0 Å². The molecule has 2 heterocycles. The molecule has 2 aromatic heterocycles. The van der Waals surface area contributed by atoms with Gasteiger partial charge in [-0.1, -0.05) is 12.2 Å². The molecule has 0 saturated carbocycles. The molecular weight excluding hydrogens is 200 g/mol. The largest absolute Gasteiger partial charge is 0.346 e. The summed E-state index contributed by atoms with van der Waals surface area (Å²) in [5.74, 6) is 0. The SMILES string of the molecule is Cc1sccc1-c1cc(=S)nc[nH]1. The topological polar surface area (TPSA) is 28.7 Å². The van der Waals surface area contributed by atoms with Gasteiger partial charge in [-0.3, -0.25) is 0 Å². The van der Waals surface area contributed by atoms with Crippen LogP contribution < -0.4 is 0 Å². The summed E-state index contributed by atoms with van der Waals surface area (Å²) >= 11 is 6.72. The van der Waals surface area contributed by atoms with Gasteiger partial charge in [0.05, 0.1) is 12.0 Å². The van der Waals surface area contributed by atoms with E-state index in [0.717, 1.165) is 5.69 Å². The van der Waals surface area contributed by atoms with Crippen molar-refractivity contribution < 1.29 is 0 Å². The van der Waals surface area contributed by atoms with E-state index in [9.17, 15) is 0 Å². The predicted molar refractivity (Wildman–Crippen MR) is 57.5 cm³/mol. The molecule has 13 heavy (non-hydrogen) atoms. The Bertz CT molecular complexity index is 470. The van der Waals surface area contributed by atoms with Gasteiger partial charge in [-0.2, -0.15) is 0 Å². The first-order chi connectivity index (χ1) is 6.27. The molecular formula is C9H8N2S2. The van der Waals surface area contributed by atoms with Crippen molar-refractivity contribution in [3.63, 3.8) is 0 Å². The summed E-state index contributed by atoms with van der Waals surface area (Å²) in [5.41, 5.74) is 2.25. The molecule has 2 rings (SSSR count).